The molecule has 0 radical (unpaired) electrons. The summed E-state index contributed by atoms with van der Waals surface area (Å²) in [7, 11) is 0. The van der Waals surface area contributed by atoms with Gasteiger partial charge in [0.1, 0.15) is 12.4 Å². The van der Waals surface area contributed by atoms with Gasteiger partial charge in [-0.3, -0.25) is 0 Å². The first-order valence-electron chi connectivity index (χ1n) is 8.46. The van der Waals surface area contributed by atoms with Crippen molar-refractivity contribution in [1.29, 1.82) is 0 Å². The summed E-state index contributed by atoms with van der Waals surface area (Å²) in [5.74, 6) is 5.77. The van der Waals surface area contributed by atoms with Gasteiger partial charge in [0.05, 0.1) is 0 Å². The Hall–Kier alpha value is -3.03. The maximum Gasteiger partial charge on any atom is 0.333 e. The predicted octanol–water partition coefficient (Wildman–Crippen LogP) is 3.71. The second-order valence-corrected chi connectivity index (χ2v) is 5.48. The van der Waals surface area contributed by atoms with Crippen molar-refractivity contribution in [3.8, 4) is 17.6 Å². The van der Waals surface area contributed by atoms with Crippen LogP contribution in [0.2, 0.25) is 0 Å². The molecule has 0 aliphatic carbocycles. The minimum atomic E-state index is -0.950. The van der Waals surface area contributed by atoms with E-state index >= 15 is 0 Å². The van der Waals surface area contributed by atoms with Crippen LogP contribution in [0.3, 0.4) is 0 Å². The summed E-state index contributed by atoms with van der Waals surface area (Å²) in [6.07, 6.45) is 3.12. The van der Waals surface area contributed by atoms with Crippen LogP contribution in [0.25, 0.3) is 0 Å². The normalized spacial score (nSPS) is 11.6. The van der Waals surface area contributed by atoms with Crippen LogP contribution < -0.4 is 4.74 Å². The topological polar surface area (TPSA) is 55.8 Å². The van der Waals surface area contributed by atoms with Crippen molar-refractivity contribution < 1.29 is 19.4 Å². The number of carboxylic acids is 1. The van der Waals surface area contributed by atoms with Gasteiger partial charge in [0.2, 0.25) is 0 Å². The van der Waals surface area contributed by atoms with E-state index in [1.54, 1.807) is 13.0 Å². The molecule has 0 heterocycles. The third kappa shape index (κ3) is 6.84. The van der Waals surface area contributed by atoms with E-state index in [9.17, 15) is 4.79 Å². The lowest BCUT2D eigenvalue weighted by atomic mass is 10.1. The van der Waals surface area contributed by atoms with E-state index in [4.69, 9.17) is 14.6 Å². The largest absolute Gasteiger partial charge is 0.490 e. The monoisotopic (exact) mass is 350 g/mol. The number of aliphatic carboxylic acids is 1. The van der Waals surface area contributed by atoms with Crippen LogP contribution in [0.1, 0.15) is 18.1 Å². The molecule has 26 heavy (non-hydrogen) atoms. The molecule has 0 aromatic heterocycles. The van der Waals surface area contributed by atoms with Gasteiger partial charge in [0.25, 0.3) is 0 Å². The van der Waals surface area contributed by atoms with Gasteiger partial charge < -0.3 is 14.6 Å². The summed E-state index contributed by atoms with van der Waals surface area (Å²) < 4.78 is 10.8. The van der Waals surface area contributed by atoms with Gasteiger partial charge in [-0.1, -0.05) is 42.2 Å². The second kappa shape index (κ2) is 10.8. The first-order chi connectivity index (χ1) is 12.7. The molecule has 1 N–H and O–H groups in total. The first kappa shape index (κ1) is 19.3. The molecular formula is C22H22O4. The van der Waals surface area contributed by atoms with Crippen molar-refractivity contribution in [1.82, 2.24) is 0 Å². The molecule has 0 unspecified atom stereocenters. The smallest absolute Gasteiger partial charge is 0.333 e. The van der Waals surface area contributed by atoms with Crippen LogP contribution in [0.15, 0.2) is 66.7 Å². The van der Waals surface area contributed by atoms with Crippen molar-refractivity contribution in [2.45, 2.75) is 19.4 Å². The number of hydrogen-bond donors (Lipinski definition) is 1. The molecule has 4 heteroatoms. The number of hydrogen-bond acceptors (Lipinski definition) is 3. The number of ether oxygens (including phenoxy) is 2. The van der Waals surface area contributed by atoms with E-state index in [2.05, 4.69) is 11.8 Å². The molecule has 2 aromatic carbocycles. The van der Waals surface area contributed by atoms with E-state index in [1.807, 2.05) is 60.7 Å². The lowest BCUT2D eigenvalue weighted by Gasteiger charge is -2.12. The highest BCUT2D eigenvalue weighted by Crippen LogP contribution is 2.14. The third-order valence-corrected chi connectivity index (χ3v) is 3.53. The van der Waals surface area contributed by atoms with Gasteiger partial charge in [-0.05, 0) is 48.9 Å². The number of allylic oxidation sites excluding steroid dienone is 1. The maximum absolute atomic E-state index is 11.1. The molecular weight excluding hydrogens is 328 g/mol. The molecule has 2 aromatic rings. The van der Waals surface area contributed by atoms with Gasteiger partial charge in [-0.2, -0.15) is 0 Å². The van der Waals surface area contributed by atoms with E-state index < -0.39 is 12.1 Å². The predicted molar refractivity (Wildman–Crippen MR) is 101 cm³/mol. The molecule has 4 nitrogen and oxygen atoms in total. The summed E-state index contributed by atoms with van der Waals surface area (Å²) >= 11 is 0. The Labute approximate surface area is 154 Å². The Morgan fingerprint density at radius 2 is 1.88 bits per heavy atom. The SMILES string of the molecule is CCO[C@@H](Cc1ccc(OC/C=C/C#Cc2ccccc2)cc1)C(=O)O. The van der Waals surface area contributed by atoms with Crippen molar-refractivity contribution in [3.05, 3.63) is 77.9 Å². The molecule has 2 rings (SSSR count). The Morgan fingerprint density at radius 1 is 1.15 bits per heavy atom. The van der Waals surface area contributed by atoms with Crippen LogP contribution in [-0.2, 0) is 16.0 Å². The van der Waals surface area contributed by atoms with Crippen LogP contribution in [0.4, 0.5) is 0 Å². The summed E-state index contributed by atoms with van der Waals surface area (Å²) in [5.41, 5.74) is 1.86. The second-order valence-electron chi connectivity index (χ2n) is 5.48. The van der Waals surface area contributed by atoms with Crippen LogP contribution in [0.5, 0.6) is 5.75 Å². The zero-order chi connectivity index (χ0) is 18.6. The number of benzene rings is 2. The van der Waals surface area contributed by atoms with Crippen LogP contribution in [0, 0.1) is 11.8 Å². The van der Waals surface area contributed by atoms with Gasteiger partial charge >= 0.3 is 5.97 Å². The van der Waals surface area contributed by atoms with E-state index in [1.165, 1.54) is 0 Å². The van der Waals surface area contributed by atoms with Crippen LogP contribution in [-0.4, -0.2) is 30.4 Å². The quantitative estimate of drug-likeness (QED) is 0.738. The molecule has 0 spiro atoms. The highest BCUT2D eigenvalue weighted by molar-refractivity contribution is 5.72. The number of carboxylic acid groups (broad SMARTS) is 1. The summed E-state index contributed by atoms with van der Waals surface area (Å²) in [4.78, 5) is 11.1. The molecule has 1 atom stereocenters. The number of carbonyl (C=O) groups is 1. The average Bonchev–Trinajstić information content (AvgIpc) is 2.66. The maximum atomic E-state index is 11.1. The summed E-state index contributed by atoms with van der Waals surface area (Å²) in [6.45, 7) is 2.57. The Balaban J connectivity index is 1.79. The molecule has 0 bridgehead atoms. The molecule has 0 amide bonds. The fourth-order valence-electron chi connectivity index (χ4n) is 2.25. The summed E-state index contributed by atoms with van der Waals surface area (Å²) in [5, 5.41) is 9.11. The van der Waals surface area contributed by atoms with Gasteiger partial charge in [0, 0.05) is 18.6 Å². The molecule has 0 fully saturated rings. The molecule has 0 aliphatic rings. The lowest BCUT2D eigenvalue weighted by Crippen LogP contribution is -2.26. The molecule has 0 aliphatic heterocycles. The van der Waals surface area contributed by atoms with Crippen LogP contribution >= 0.6 is 0 Å². The van der Waals surface area contributed by atoms with Crippen molar-refractivity contribution in [2.24, 2.45) is 0 Å². The first-order valence-corrected chi connectivity index (χ1v) is 8.46. The van der Waals surface area contributed by atoms with Gasteiger partial charge in [0.15, 0.2) is 6.10 Å². The van der Waals surface area contributed by atoms with E-state index in [0.29, 0.717) is 19.6 Å². The van der Waals surface area contributed by atoms with Gasteiger partial charge in [-0.15, -0.1) is 0 Å². The fraction of sp³-hybridized carbons (Fsp3) is 0.227. The highest BCUT2D eigenvalue weighted by atomic mass is 16.5. The zero-order valence-electron chi connectivity index (χ0n) is 14.7. The standard InChI is InChI=1S/C22H22O4/c1-2-25-21(22(23)24)17-19-12-14-20(15-13-19)26-16-8-4-7-11-18-9-5-3-6-10-18/h3-6,8-10,12-15,21H,2,16-17H2,1H3,(H,23,24)/b8-4+/t21-/m0/s1. The Morgan fingerprint density at radius 3 is 2.54 bits per heavy atom. The summed E-state index contributed by atoms with van der Waals surface area (Å²) in [6, 6.07) is 17.1. The third-order valence-electron chi connectivity index (χ3n) is 3.53. The number of rotatable bonds is 8. The van der Waals surface area contributed by atoms with Crippen molar-refractivity contribution >= 4 is 5.97 Å². The highest BCUT2D eigenvalue weighted by Gasteiger charge is 2.17. The average molecular weight is 350 g/mol. The Kier molecular flexibility index (Phi) is 7.98. The lowest BCUT2D eigenvalue weighted by molar-refractivity contribution is -0.149. The van der Waals surface area contributed by atoms with Gasteiger partial charge in [-0.25, -0.2) is 4.79 Å². The fourth-order valence-corrected chi connectivity index (χ4v) is 2.25. The van der Waals surface area contributed by atoms with E-state index in [0.717, 1.165) is 16.9 Å². The van der Waals surface area contributed by atoms with Crippen molar-refractivity contribution in [3.63, 3.8) is 0 Å². The van der Waals surface area contributed by atoms with E-state index in [-0.39, 0.29) is 0 Å². The molecule has 0 saturated carbocycles. The van der Waals surface area contributed by atoms with Crippen molar-refractivity contribution in [2.75, 3.05) is 13.2 Å². The minimum Gasteiger partial charge on any atom is -0.490 e. The molecule has 0 saturated heterocycles. The zero-order valence-corrected chi connectivity index (χ0v) is 14.7. The molecule has 134 valence electrons. The Bertz CT molecular complexity index is 767. The minimum absolute atomic E-state index is 0.332.